The van der Waals surface area contributed by atoms with E-state index in [9.17, 15) is 14.4 Å². The van der Waals surface area contributed by atoms with Gasteiger partial charge in [-0.05, 0) is 69.6 Å². The number of imide groups is 1. The number of unbranched alkanes of at least 4 members (excludes halogenated alkanes) is 7. The molecule has 0 atom stereocenters. The van der Waals surface area contributed by atoms with Crippen molar-refractivity contribution in [3.8, 4) is 11.1 Å². The number of rotatable bonds is 17. The lowest BCUT2D eigenvalue weighted by atomic mass is 10.0. The van der Waals surface area contributed by atoms with Crippen LogP contribution in [0.2, 0.25) is 0 Å². The maximum absolute atomic E-state index is 12.7. The molecule has 5 rings (SSSR count). The number of carbonyl (C=O) groups excluding carboxylic acids is 3. The van der Waals surface area contributed by atoms with E-state index in [4.69, 9.17) is 4.74 Å². The zero-order valence-corrected chi connectivity index (χ0v) is 27.9. The summed E-state index contributed by atoms with van der Waals surface area (Å²) in [6.45, 7) is 5.21. The normalized spacial score (nSPS) is 15.3. The molecule has 2 heterocycles. The van der Waals surface area contributed by atoms with Gasteiger partial charge in [0.05, 0.1) is 16.8 Å². The Kier molecular flexibility index (Phi) is 13.0. The number of piperidine rings is 1. The van der Waals surface area contributed by atoms with E-state index in [1.165, 1.54) is 49.8 Å². The van der Waals surface area contributed by atoms with E-state index in [1.807, 2.05) is 54.6 Å². The van der Waals surface area contributed by atoms with Gasteiger partial charge in [0, 0.05) is 31.7 Å². The molecule has 0 unspecified atom stereocenters. The van der Waals surface area contributed by atoms with E-state index >= 15 is 0 Å². The average Bonchev–Trinajstić information content (AvgIpc) is 3.34. The minimum absolute atomic E-state index is 0.0359. The summed E-state index contributed by atoms with van der Waals surface area (Å²) in [5.74, 6) is -0.339. The first-order valence-electron chi connectivity index (χ1n) is 17.5. The van der Waals surface area contributed by atoms with Crippen LogP contribution in [0.1, 0.15) is 84.9 Å². The van der Waals surface area contributed by atoms with Crippen LogP contribution < -0.4 is 5.32 Å². The lowest BCUT2D eigenvalue weighted by Crippen LogP contribution is -2.38. The summed E-state index contributed by atoms with van der Waals surface area (Å²) in [6, 6.07) is 25.0. The second-order valence-corrected chi connectivity index (χ2v) is 12.9. The van der Waals surface area contributed by atoms with Crippen LogP contribution in [-0.2, 0) is 4.74 Å². The second-order valence-electron chi connectivity index (χ2n) is 12.9. The first-order chi connectivity index (χ1) is 23.0. The fourth-order valence-electron chi connectivity index (χ4n) is 6.61. The molecule has 3 amide bonds. The van der Waals surface area contributed by atoms with Gasteiger partial charge in [0.2, 0.25) is 0 Å². The Balaban J connectivity index is 0.846. The molecular weight excluding hydrogens is 588 g/mol. The smallest absolute Gasteiger partial charge is 0.411 e. The summed E-state index contributed by atoms with van der Waals surface area (Å²) in [6.07, 6.45) is 11.3. The molecule has 8 nitrogen and oxygen atoms in total. The SMILES string of the molecule is CN(CCCCCCCCCCN1CCC(OC(=O)Nc2ccccc2-c2ccccc2)CC1)CCN1C(=O)c2ccccc2C1=O. The number of nitrogens with zero attached hydrogens (tertiary/aromatic N) is 3. The molecule has 2 aliphatic rings. The highest BCUT2D eigenvalue weighted by Crippen LogP contribution is 2.28. The molecule has 3 aromatic carbocycles. The number of hydrogen-bond acceptors (Lipinski definition) is 6. The Morgan fingerprint density at radius 3 is 1.91 bits per heavy atom. The van der Waals surface area contributed by atoms with Gasteiger partial charge < -0.3 is 14.5 Å². The maximum Gasteiger partial charge on any atom is 0.411 e. The fourth-order valence-corrected chi connectivity index (χ4v) is 6.61. The number of nitrogens with one attached hydrogen (secondary N) is 1. The van der Waals surface area contributed by atoms with Gasteiger partial charge >= 0.3 is 6.09 Å². The van der Waals surface area contributed by atoms with Crippen LogP contribution in [0.3, 0.4) is 0 Å². The minimum Gasteiger partial charge on any atom is -0.446 e. The van der Waals surface area contributed by atoms with E-state index < -0.39 is 0 Å². The third kappa shape index (κ3) is 9.99. The predicted octanol–water partition coefficient (Wildman–Crippen LogP) is 7.72. The standard InChI is InChI=1S/C39H50N4O4/c1-41(29-30-43-37(44)34-20-11-12-21-35(34)38(43)45)25-15-6-4-2-3-5-7-16-26-42-27-23-32(24-28-42)47-39(46)40-36-22-14-13-19-33(36)31-17-9-8-10-18-31/h8-14,17-22,32H,2-7,15-16,23-30H2,1H3,(H,40,46). The molecule has 1 fully saturated rings. The van der Waals surface area contributed by atoms with E-state index in [0.717, 1.165) is 62.3 Å². The molecule has 8 heteroatoms. The number of likely N-dealkylation sites (tertiary alicyclic amines) is 1. The second kappa shape index (κ2) is 17.8. The Labute approximate surface area is 280 Å². The highest BCUT2D eigenvalue weighted by atomic mass is 16.6. The Hall–Kier alpha value is -4.01. The first-order valence-corrected chi connectivity index (χ1v) is 17.5. The van der Waals surface area contributed by atoms with Crippen molar-refractivity contribution in [1.82, 2.24) is 14.7 Å². The van der Waals surface area contributed by atoms with Crippen LogP contribution in [0.4, 0.5) is 10.5 Å². The summed E-state index contributed by atoms with van der Waals surface area (Å²) in [4.78, 5) is 43.8. The fraction of sp³-hybridized carbons (Fsp3) is 0.462. The van der Waals surface area contributed by atoms with Gasteiger partial charge in [-0.1, -0.05) is 99.2 Å². The third-order valence-electron chi connectivity index (χ3n) is 9.40. The van der Waals surface area contributed by atoms with Crippen molar-refractivity contribution in [3.05, 3.63) is 90.0 Å². The van der Waals surface area contributed by atoms with Gasteiger partial charge in [0.15, 0.2) is 0 Å². The molecular formula is C39H50N4O4. The largest absolute Gasteiger partial charge is 0.446 e. The number of amides is 3. The van der Waals surface area contributed by atoms with Gasteiger partial charge in [-0.25, -0.2) is 4.79 Å². The molecule has 250 valence electrons. The van der Waals surface area contributed by atoms with Gasteiger partial charge in [0.1, 0.15) is 6.10 Å². The Bertz CT molecular complexity index is 1420. The van der Waals surface area contributed by atoms with Crippen LogP contribution >= 0.6 is 0 Å². The van der Waals surface area contributed by atoms with E-state index in [1.54, 1.807) is 24.3 Å². The number of anilines is 1. The van der Waals surface area contributed by atoms with Crippen molar-refractivity contribution in [2.75, 3.05) is 51.6 Å². The summed E-state index contributed by atoms with van der Waals surface area (Å²) in [7, 11) is 2.07. The lowest BCUT2D eigenvalue weighted by Gasteiger charge is -2.31. The number of benzene rings is 3. The molecule has 47 heavy (non-hydrogen) atoms. The Morgan fingerprint density at radius 1 is 0.702 bits per heavy atom. The van der Waals surface area contributed by atoms with Crippen molar-refractivity contribution in [3.63, 3.8) is 0 Å². The quantitative estimate of drug-likeness (QED) is 0.120. The van der Waals surface area contributed by atoms with Crippen molar-refractivity contribution >= 4 is 23.6 Å². The number of hydrogen-bond donors (Lipinski definition) is 1. The zero-order chi connectivity index (χ0) is 32.8. The van der Waals surface area contributed by atoms with E-state index in [-0.39, 0.29) is 24.0 Å². The van der Waals surface area contributed by atoms with Crippen LogP contribution in [-0.4, -0.2) is 85.0 Å². The van der Waals surface area contributed by atoms with Crippen molar-refractivity contribution in [1.29, 1.82) is 0 Å². The topological polar surface area (TPSA) is 82.2 Å². The van der Waals surface area contributed by atoms with Gasteiger partial charge in [-0.2, -0.15) is 0 Å². The van der Waals surface area contributed by atoms with E-state index in [0.29, 0.717) is 24.2 Å². The molecule has 3 aromatic rings. The molecule has 0 aliphatic carbocycles. The highest BCUT2D eigenvalue weighted by Gasteiger charge is 2.34. The van der Waals surface area contributed by atoms with Crippen molar-refractivity contribution in [2.45, 2.75) is 70.3 Å². The number of carbonyl (C=O) groups is 3. The molecule has 0 saturated carbocycles. The highest BCUT2D eigenvalue weighted by molar-refractivity contribution is 6.21. The molecule has 1 N–H and O–H groups in total. The molecule has 1 saturated heterocycles. The van der Waals surface area contributed by atoms with Crippen molar-refractivity contribution in [2.24, 2.45) is 0 Å². The summed E-state index contributed by atoms with van der Waals surface area (Å²) < 4.78 is 5.79. The van der Waals surface area contributed by atoms with Gasteiger partial charge in [0.25, 0.3) is 11.8 Å². The van der Waals surface area contributed by atoms with Crippen LogP contribution in [0.25, 0.3) is 11.1 Å². The predicted molar refractivity (Wildman–Crippen MR) is 188 cm³/mol. The lowest BCUT2D eigenvalue weighted by molar-refractivity contribution is 0.0583. The molecule has 0 radical (unpaired) electrons. The van der Waals surface area contributed by atoms with Crippen molar-refractivity contribution < 1.29 is 19.1 Å². The first kappa shape index (κ1) is 34.3. The number of fused-ring (bicyclic) bond motifs is 1. The maximum atomic E-state index is 12.7. The number of likely N-dealkylation sites (N-methyl/N-ethyl adjacent to an activating group) is 1. The summed E-state index contributed by atoms with van der Waals surface area (Å²) in [5, 5.41) is 2.96. The molecule has 0 bridgehead atoms. The van der Waals surface area contributed by atoms with Crippen LogP contribution in [0, 0.1) is 0 Å². The Morgan fingerprint density at radius 2 is 1.26 bits per heavy atom. The van der Waals surface area contributed by atoms with E-state index in [2.05, 4.69) is 22.2 Å². The monoisotopic (exact) mass is 638 g/mol. The van der Waals surface area contributed by atoms with Gasteiger partial charge in [-0.3, -0.25) is 19.8 Å². The number of para-hydroxylation sites is 1. The van der Waals surface area contributed by atoms with Gasteiger partial charge in [-0.15, -0.1) is 0 Å². The average molecular weight is 639 g/mol. The van der Waals surface area contributed by atoms with Crippen LogP contribution in [0.15, 0.2) is 78.9 Å². The molecule has 0 aromatic heterocycles. The summed E-state index contributed by atoms with van der Waals surface area (Å²) >= 11 is 0. The number of ether oxygens (including phenoxy) is 1. The molecule has 2 aliphatic heterocycles. The molecule has 0 spiro atoms. The minimum atomic E-state index is -0.376. The summed E-state index contributed by atoms with van der Waals surface area (Å²) in [5.41, 5.74) is 3.86. The third-order valence-corrected chi connectivity index (χ3v) is 9.40. The van der Waals surface area contributed by atoms with Crippen LogP contribution in [0.5, 0.6) is 0 Å². The zero-order valence-electron chi connectivity index (χ0n) is 27.9.